The van der Waals surface area contributed by atoms with Crippen molar-refractivity contribution < 1.29 is 17.6 Å². The molecule has 0 fully saturated rings. The van der Waals surface area contributed by atoms with Crippen molar-refractivity contribution in [3.8, 4) is 0 Å². The molecule has 0 saturated heterocycles. The quantitative estimate of drug-likeness (QED) is 0.157. The van der Waals surface area contributed by atoms with Gasteiger partial charge in [-0.05, 0) is 101 Å². The van der Waals surface area contributed by atoms with Crippen molar-refractivity contribution in [2.24, 2.45) is 0 Å². The highest BCUT2D eigenvalue weighted by Crippen LogP contribution is 2.37. The van der Waals surface area contributed by atoms with Gasteiger partial charge in [-0.1, -0.05) is 148 Å². The second-order valence-corrected chi connectivity index (χ2v) is 17.8. The molecule has 0 nitrogen and oxygen atoms in total. The largest absolute Gasteiger partial charge is 0.207 e. The second-order valence-electron chi connectivity index (χ2n) is 16.6. The Morgan fingerprint density at radius 2 is 0.760 bits per heavy atom. The first-order valence-electron chi connectivity index (χ1n) is 16.6. The highest BCUT2D eigenvalue weighted by atomic mass is 35.5. The molecule has 0 saturated carbocycles. The standard InChI is InChI=1S/C11H14Cl2.C11H15Cl.C11H14F2.C10H12F2/c1-7-5-6-8(12)9(10(7)13)11(2,3)4;1-8-6-5-7-9(12)10(8)11(2,3)4;1-7-5-6-8(12)9(10(7)13)11(2,3)4;1-10(2,3)9-7(11)5-4-6-8(9)12/h5-6H,1-4H3;5-7H,1-4H3;5-6H,1-4H3;4-6H,1-3H3. The van der Waals surface area contributed by atoms with Crippen molar-refractivity contribution in [2.45, 2.75) is 126 Å². The first-order chi connectivity index (χ1) is 22.5. The fourth-order valence-corrected chi connectivity index (χ4v) is 6.93. The van der Waals surface area contributed by atoms with Crippen LogP contribution in [0.1, 0.15) is 122 Å². The van der Waals surface area contributed by atoms with Crippen LogP contribution in [-0.2, 0) is 21.7 Å². The van der Waals surface area contributed by atoms with Gasteiger partial charge >= 0.3 is 0 Å². The van der Waals surface area contributed by atoms with E-state index in [0.29, 0.717) is 5.56 Å². The summed E-state index contributed by atoms with van der Waals surface area (Å²) in [6.07, 6.45) is 0. The molecule has 0 aliphatic rings. The first-order valence-corrected chi connectivity index (χ1v) is 17.8. The topological polar surface area (TPSA) is 0 Å². The maximum atomic E-state index is 13.5. The summed E-state index contributed by atoms with van der Waals surface area (Å²) >= 11 is 18.4. The predicted molar refractivity (Wildman–Crippen MR) is 210 cm³/mol. The third-order valence-electron chi connectivity index (χ3n) is 7.75. The van der Waals surface area contributed by atoms with Crippen molar-refractivity contribution in [3.63, 3.8) is 0 Å². The summed E-state index contributed by atoms with van der Waals surface area (Å²) in [6.45, 7) is 29.4. The summed E-state index contributed by atoms with van der Waals surface area (Å²) in [6, 6.07) is 16.6. The fraction of sp³-hybridized carbons (Fsp3) is 0.442. The summed E-state index contributed by atoms with van der Waals surface area (Å²) < 4.78 is 53.0. The maximum Gasteiger partial charge on any atom is 0.132 e. The maximum absolute atomic E-state index is 13.5. The van der Waals surface area contributed by atoms with Gasteiger partial charge in [-0.25, -0.2) is 17.6 Å². The molecule has 4 aromatic rings. The van der Waals surface area contributed by atoms with Gasteiger partial charge in [0, 0.05) is 26.2 Å². The first kappa shape index (κ1) is 45.5. The molecule has 0 aliphatic carbocycles. The van der Waals surface area contributed by atoms with E-state index in [1.54, 1.807) is 48.5 Å². The molecule has 0 radical (unpaired) electrons. The minimum Gasteiger partial charge on any atom is -0.207 e. The molecule has 0 N–H and O–H groups in total. The molecule has 0 unspecified atom stereocenters. The van der Waals surface area contributed by atoms with Crippen molar-refractivity contribution >= 4 is 34.8 Å². The van der Waals surface area contributed by atoms with Gasteiger partial charge in [0.1, 0.15) is 23.3 Å². The van der Waals surface area contributed by atoms with Crippen LogP contribution in [0.4, 0.5) is 17.6 Å². The second kappa shape index (κ2) is 17.8. The van der Waals surface area contributed by atoms with E-state index in [-0.39, 0.29) is 22.0 Å². The molecule has 0 aliphatic heterocycles. The van der Waals surface area contributed by atoms with Crippen molar-refractivity contribution in [1.29, 1.82) is 0 Å². The van der Waals surface area contributed by atoms with E-state index in [2.05, 4.69) is 54.5 Å². The average molecular weight is 754 g/mol. The molecule has 0 bridgehead atoms. The number of hydrogen-bond acceptors (Lipinski definition) is 0. The molecular formula is C43H55Cl3F4. The zero-order chi connectivity index (χ0) is 39.2. The number of rotatable bonds is 0. The zero-order valence-corrected chi connectivity index (χ0v) is 34.7. The summed E-state index contributed by atoms with van der Waals surface area (Å²) in [4.78, 5) is 0. The third kappa shape index (κ3) is 12.9. The van der Waals surface area contributed by atoms with Crippen LogP contribution in [0.25, 0.3) is 0 Å². The van der Waals surface area contributed by atoms with Crippen LogP contribution in [0.3, 0.4) is 0 Å². The lowest BCUT2D eigenvalue weighted by molar-refractivity contribution is 0.472. The predicted octanol–water partition coefficient (Wildman–Crippen LogP) is 15.4. The van der Waals surface area contributed by atoms with Gasteiger partial charge in [-0.3, -0.25) is 0 Å². The normalized spacial score (nSPS) is 11.8. The lowest BCUT2D eigenvalue weighted by Crippen LogP contribution is -2.16. The summed E-state index contributed by atoms with van der Waals surface area (Å²) in [5.74, 6) is -1.83. The Hall–Kier alpha value is -2.53. The molecular weight excluding hydrogens is 699 g/mol. The van der Waals surface area contributed by atoms with E-state index in [4.69, 9.17) is 34.8 Å². The van der Waals surface area contributed by atoms with Crippen LogP contribution in [0.15, 0.2) is 60.7 Å². The van der Waals surface area contributed by atoms with Crippen molar-refractivity contribution in [2.75, 3.05) is 0 Å². The molecule has 0 heterocycles. The van der Waals surface area contributed by atoms with Gasteiger partial charge in [0.05, 0.1) is 0 Å². The van der Waals surface area contributed by atoms with Crippen LogP contribution in [0.5, 0.6) is 0 Å². The Morgan fingerprint density at radius 1 is 0.380 bits per heavy atom. The van der Waals surface area contributed by atoms with Gasteiger partial charge in [0.2, 0.25) is 0 Å². The fourth-order valence-electron chi connectivity index (χ4n) is 5.48. The Kier molecular flexibility index (Phi) is 16.2. The van der Waals surface area contributed by atoms with E-state index in [9.17, 15) is 17.6 Å². The molecule has 4 aromatic carbocycles. The third-order valence-corrected chi connectivity index (χ3v) is 8.87. The summed E-state index contributed by atoms with van der Waals surface area (Å²) in [5, 5.41) is 2.42. The SMILES string of the molecule is CC(C)(C)c1c(F)cccc1F.Cc1ccc(Cl)c(C(C)(C)C)c1Cl.Cc1ccc(F)c(C(C)(C)C)c1F.Cc1cccc(Cl)c1C(C)(C)C. The van der Waals surface area contributed by atoms with Crippen LogP contribution in [0, 0.1) is 44.0 Å². The van der Waals surface area contributed by atoms with E-state index in [0.717, 1.165) is 26.2 Å². The van der Waals surface area contributed by atoms with Gasteiger partial charge in [-0.2, -0.15) is 0 Å². The summed E-state index contributed by atoms with van der Waals surface area (Å²) in [7, 11) is 0. The van der Waals surface area contributed by atoms with Gasteiger partial charge in [0.15, 0.2) is 0 Å². The molecule has 0 spiro atoms. The Bertz CT molecular complexity index is 1560. The molecule has 0 atom stereocenters. The number of halogens is 7. The van der Waals surface area contributed by atoms with Crippen LogP contribution >= 0.6 is 34.8 Å². The van der Waals surface area contributed by atoms with Crippen LogP contribution in [0.2, 0.25) is 15.1 Å². The van der Waals surface area contributed by atoms with Gasteiger partial charge < -0.3 is 0 Å². The Labute approximate surface area is 314 Å². The lowest BCUT2D eigenvalue weighted by Gasteiger charge is -2.23. The zero-order valence-electron chi connectivity index (χ0n) is 32.4. The smallest absolute Gasteiger partial charge is 0.132 e. The lowest BCUT2D eigenvalue weighted by atomic mass is 9.84. The number of hydrogen-bond donors (Lipinski definition) is 0. The minimum absolute atomic E-state index is 0.000185. The molecule has 50 heavy (non-hydrogen) atoms. The molecule has 7 heteroatoms. The molecule has 0 aromatic heterocycles. The van der Waals surface area contributed by atoms with Crippen LogP contribution < -0.4 is 0 Å². The van der Waals surface area contributed by atoms with E-state index >= 15 is 0 Å². The van der Waals surface area contributed by atoms with E-state index in [1.807, 2.05) is 31.2 Å². The molecule has 4 rings (SSSR count). The van der Waals surface area contributed by atoms with E-state index in [1.165, 1.54) is 41.5 Å². The Balaban J connectivity index is 0.000000334. The summed E-state index contributed by atoms with van der Waals surface area (Å²) in [5.41, 5.74) is 4.65. The molecule has 0 amide bonds. The van der Waals surface area contributed by atoms with Crippen molar-refractivity contribution in [3.05, 3.63) is 138 Å². The highest BCUT2D eigenvalue weighted by molar-refractivity contribution is 6.36. The Morgan fingerprint density at radius 3 is 1.10 bits per heavy atom. The highest BCUT2D eigenvalue weighted by Gasteiger charge is 2.25. The monoisotopic (exact) mass is 752 g/mol. The van der Waals surface area contributed by atoms with Gasteiger partial charge in [0.25, 0.3) is 0 Å². The number of benzene rings is 4. The van der Waals surface area contributed by atoms with Gasteiger partial charge in [-0.15, -0.1) is 0 Å². The van der Waals surface area contributed by atoms with Crippen molar-refractivity contribution in [1.82, 2.24) is 0 Å². The molecule has 276 valence electrons. The number of aryl methyl sites for hydroxylation is 3. The van der Waals surface area contributed by atoms with E-state index < -0.39 is 34.1 Å². The minimum atomic E-state index is -0.486. The van der Waals surface area contributed by atoms with Crippen LogP contribution in [-0.4, -0.2) is 0 Å². The average Bonchev–Trinajstić information content (AvgIpc) is 2.91.